The molecule has 15 heavy (non-hydrogen) atoms. The van der Waals surface area contributed by atoms with Crippen molar-refractivity contribution in [1.29, 1.82) is 0 Å². The van der Waals surface area contributed by atoms with Crippen molar-refractivity contribution in [2.75, 3.05) is 0 Å². The fourth-order valence-electron chi connectivity index (χ4n) is 1.82. The zero-order valence-electron chi connectivity index (χ0n) is 9.12. The van der Waals surface area contributed by atoms with Crippen molar-refractivity contribution in [3.8, 4) is 0 Å². The molecule has 0 radical (unpaired) electrons. The van der Waals surface area contributed by atoms with Crippen LogP contribution in [-0.2, 0) is 0 Å². The Kier molecular flexibility index (Phi) is 2.46. The van der Waals surface area contributed by atoms with Gasteiger partial charge < -0.3 is 5.73 Å². The van der Waals surface area contributed by atoms with Gasteiger partial charge in [-0.1, -0.05) is 36.4 Å². The first kappa shape index (κ1) is 9.78. The summed E-state index contributed by atoms with van der Waals surface area (Å²) in [6, 6.07) is 12.7. The van der Waals surface area contributed by atoms with Gasteiger partial charge in [0.15, 0.2) is 0 Å². The molecular formula is C14H15N. The first-order valence-corrected chi connectivity index (χ1v) is 5.10. The number of benzene rings is 2. The minimum atomic E-state index is 0.842. The molecule has 2 aromatic rings. The smallest absolute Gasteiger partial charge is 0.00552 e. The number of hydrogen-bond acceptors (Lipinski definition) is 1. The van der Waals surface area contributed by atoms with E-state index in [9.17, 15) is 0 Å². The van der Waals surface area contributed by atoms with Crippen LogP contribution in [0.3, 0.4) is 0 Å². The fraction of sp³-hybridized carbons (Fsp3) is 0.143. The highest BCUT2D eigenvalue weighted by atomic mass is 14.5. The van der Waals surface area contributed by atoms with Gasteiger partial charge in [-0.15, -0.1) is 0 Å². The van der Waals surface area contributed by atoms with E-state index in [1.54, 1.807) is 0 Å². The lowest BCUT2D eigenvalue weighted by Crippen LogP contribution is -1.92. The summed E-state index contributed by atoms with van der Waals surface area (Å²) in [5, 5.41) is 2.53. The van der Waals surface area contributed by atoms with Crippen molar-refractivity contribution >= 4 is 16.8 Å². The minimum Gasteiger partial charge on any atom is -0.402 e. The van der Waals surface area contributed by atoms with Gasteiger partial charge >= 0.3 is 0 Å². The molecule has 0 atom stereocenters. The summed E-state index contributed by atoms with van der Waals surface area (Å²) in [5.74, 6) is 0. The number of aryl methyl sites for hydroxylation is 1. The molecule has 0 saturated carbocycles. The number of fused-ring (bicyclic) bond motifs is 1. The van der Waals surface area contributed by atoms with E-state index in [1.807, 2.05) is 13.0 Å². The van der Waals surface area contributed by atoms with Crippen LogP contribution in [0.1, 0.15) is 18.1 Å². The van der Waals surface area contributed by atoms with Crippen LogP contribution in [-0.4, -0.2) is 0 Å². The summed E-state index contributed by atoms with van der Waals surface area (Å²) in [6.07, 6.45) is 2.04. The average molecular weight is 197 g/mol. The van der Waals surface area contributed by atoms with Crippen molar-refractivity contribution in [3.63, 3.8) is 0 Å². The molecule has 76 valence electrons. The van der Waals surface area contributed by atoms with E-state index in [0.29, 0.717) is 0 Å². The normalized spacial score (nSPS) is 12.0. The van der Waals surface area contributed by atoms with Crippen LogP contribution < -0.4 is 5.73 Å². The highest BCUT2D eigenvalue weighted by Gasteiger charge is 2.01. The largest absolute Gasteiger partial charge is 0.402 e. The third kappa shape index (κ3) is 1.86. The second-order valence-corrected chi connectivity index (χ2v) is 3.91. The summed E-state index contributed by atoms with van der Waals surface area (Å²) in [4.78, 5) is 0. The van der Waals surface area contributed by atoms with Gasteiger partial charge in [-0.2, -0.15) is 0 Å². The van der Waals surface area contributed by atoms with E-state index in [-0.39, 0.29) is 0 Å². The van der Waals surface area contributed by atoms with Gasteiger partial charge in [0.25, 0.3) is 0 Å². The SMILES string of the molecule is C/C(N)=C\c1c(C)ccc2ccccc12. The van der Waals surface area contributed by atoms with Gasteiger partial charge in [0.05, 0.1) is 0 Å². The molecule has 0 aromatic heterocycles. The standard InChI is InChI=1S/C14H15N/c1-10-7-8-12-5-3-4-6-13(12)14(10)9-11(2)15/h3-9H,15H2,1-2H3/b11-9+. The van der Waals surface area contributed by atoms with E-state index in [1.165, 1.54) is 21.9 Å². The maximum atomic E-state index is 5.75. The maximum absolute atomic E-state index is 5.75. The first-order valence-electron chi connectivity index (χ1n) is 5.10. The molecule has 0 spiro atoms. The Morgan fingerprint density at radius 1 is 1.13 bits per heavy atom. The van der Waals surface area contributed by atoms with Gasteiger partial charge in [0.1, 0.15) is 0 Å². The topological polar surface area (TPSA) is 26.0 Å². The van der Waals surface area contributed by atoms with E-state index in [0.717, 1.165) is 5.70 Å². The van der Waals surface area contributed by atoms with Crippen LogP contribution in [0.25, 0.3) is 16.8 Å². The maximum Gasteiger partial charge on any atom is 0.00552 e. The quantitative estimate of drug-likeness (QED) is 0.744. The van der Waals surface area contributed by atoms with Gasteiger partial charge in [0.2, 0.25) is 0 Å². The van der Waals surface area contributed by atoms with E-state index in [2.05, 4.69) is 43.3 Å². The number of rotatable bonds is 1. The molecule has 0 aliphatic carbocycles. The Morgan fingerprint density at radius 2 is 1.87 bits per heavy atom. The molecule has 0 aliphatic heterocycles. The molecule has 2 rings (SSSR count). The summed E-state index contributed by atoms with van der Waals surface area (Å²) < 4.78 is 0. The molecule has 1 heteroatoms. The molecule has 2 N–H and O–H groups in total. The summed E-state index contributed by atoms with van der Waals surface area (Å²) in [5.41, 5.74) is 9.08. The van der Waals surface area contributed by atoms with Crippen LogP contribution in [0.15, 0.2) is 42.1 Å². The predicted molar refractivity (Wildman–Crippen MR) is 66.5 cm³/mol. The zero-order chi connectivity index (χ0) is 10.8. The second-order valence-electron chi connectivity index (χ2n) is 3.91. The van der Waals surface area contributed by atoms with Crippen LogP contribution >= 0.6 is 0 Å². The third-order valence-corrected chi connectivity index (χ3v) is 2.56. The highest BCUT2D eigenvalue weighted by molar-refractivity contribution is 5.92. The molecule has 0 bridgehead atoms. The van der Waals surface area contributed by atoms with Crippen molar-refractivity contribution in [3.05, 3.63) is 53.2 Å². The predicted octanol–water partition coefficient (Wildman–Crippen LogP) is 3.47. The Labute approximate surface area is 90.2 Å². The Balaban J connectivity index is 2.80. The van der Waals surface area contributed by atoms with E-state index >= 15 is 0 Å². The van der Waals surface area contributed by atoms with Gasteiger partial charge in [-0.05, 0) is 41.8 Å². The molecule has 0 heterocycles. The number of nitrogens with two attached hydrogens (primary N) is 1. The second kappa shape index (κ2) is 3.77. The monoisotopic (exact) mass is 197 g/mol. The van der Waals surface area contributed by atoms with Gasteiger partial charge in [0, 0.05) is 5.70 Å². The van der Waals surface area contributed by atoms with Crippen LogP contribution in [0.5, 0.6) is 0 Å². The van der Waals surface area contributed by atoms with E-state index < -0.39 is 0 Å². The zero-order valence-corrected chi connectivity index (χ0v) is 9.12. The Hall–Kier alpha value is -1.76. The lowest BCUT2D eigenvalue weighted by molar-refractivity contribution is 1.34. The van der Waals surface area contributed by atoms with Crippen LogP contribution in [0.4, 0.5) is 0 Å². The number of allylic oxidation sites excluding steroid dienone is 1. The third-order valence-electron chi connectivity index (χ3n) is 2.56. The highest BCUT2D eigenvalue weighted by Crippen LogP contribution is 2.23. The Morgan fingerprint density at radius 3 is 2.60 bits per heavy atom. The lowest BCUT2D eigenvalue weighted by atomic mass is 9.99. The summed E-state index contributed by atoms with van der Waals surface area (Å²) in [6.45, 7) is 4.03. The lowest BCUT2D eigenvalue weighted by Gasteiger charge is -2.06. The average Bonchev–Trinajstić information content (AvgIpc) is 2.22. The minimum absolute atomic E-state index is 0.842. The molecule has 0 amide bonds. The summed E-state index contributed by atoms with van der Waals surface area (Å²) >= 11 is 0. The van der Waals surface area contributed by atoms with Crippen molar-refractivity contribution in [1.82, 2.24) is 0 Å². The van der Waals surface area contributed by atoms with Crippen molar-refractivity contribution in [2.45, 2.75) is 13.8 Å². The van der Waals surface area contributed by atoms with Crippen molar-refractivity contribution in [2.24, 2.45) is 5.73 Å². The molecular weight excluding hydrogens is 182 g/mol. The van der Waals surface area contributed by atoms with Crippen molar-refractivity contribution < 1.29 is 0 Å². The molecule has 1 nitrogen and oxygen atoms in total. The molecule has 0 aliphatic rings. The van der Waals surface area contributed by atoms with Gasteiger partial charge in [-0.3, -0.25) is 0 Å². The number of hydrogen-bond donors (Lipinski definition) is 1. The Bertz CT molecular complexity index is 520. The van der Waals surface area contributed by atoms with Crippen LogP contribution in [0, 0.1) is 6.92 Å². The fourth-order valence-corrected chi connectivity index (χ4v) is 1.82. The first-order chi connectivity index (χ1) is 7.18. The molecule has 0 fully saturated rings. The van der Waals surface area contributed by atoms with Crippen LogP contribution in [0.2, 0.25) is 0 Å². The van der Waals surface area contributed by atoms with Gasteiger partial charge in [-0.25, -0.2) is 0 Å². The molecule has 0 saturated heterocycles. The molecule has 2 aromatic carbocycles. The molecule has 0 unspecified atom stereocenters. The summed E-state index contributed by atoms with van der Waals surface area (Å²) in [7, 11) is 0. The van der Waals surface area contributed by atoms with E-state index in [4.69, 9.17) is 5.73 Å².